The second kappa shape index (κ2) is 9.86. The van der Waals surface area contributed by atoms with Crippen LogP contribution < -0.4 is 10.6 Å². The SMILES string of the molecule is Cl.O=C(Cc1ccc(C(F)(F)F)cc1)NCCCN1CCNCC1. The molecule has 0 spiro atoms. The van der Waals surface area contributed by atoms with E-state index in [-0.39, 0.29) is 24.7 Å². The lowest BCUT2D eigenvalue weighted by atomic mass is 10.1. The van der Waals surface area contributed by atoms with Crippen LogP contribution >= 0.6 is 12.4 Å². The Balaban J connectivity index is 0.00000288. The van der Waals surface area contributed by atoms with Crippen LogP contribution in [0.4, 0.5) is 13.2 Å². The van der Waals surface area contributed by atoms with Crippen molar-refractivity contribution in [2.45, 2.75) is 19.0 Å². The summed E-state index contributed by atoms with van der Waals surface area (Å²) in [6, 6.07) is 4.71. The molecule has 0 atom stereocenters. The van der Waals surface area contributed by atoms with E-state index < -0.39 is 11.7 Å². The minimum absolute atomic E-state index is 0. The van der Waals surface area contributed by atoms with E-state index in [0.29, 0.717) is 12.1 Å². The first-order valence-electron chi connectivity index (χ1n) is 7.81. The second-order valence-electron chi connectivity index (χ2n) is 5.67. The summed E-state index contributed by atoms with van der Waals surface area (Å²) in [5.74, 6) is -0.162. The second-order valence-corrected chi connectivity index (χ2v) is 5.67. The third-order valence-corrected chi connectivity index (χ3v) is 3.83. The van der Waals surface area contributed by atoms with Crippen molar-refractivity contribution in [3.63, 3.8) is 0 Å². The van der Waals surface area contributed by atoms with Gasteiger partial charge >= 0.3 is 6.18 Å². The first kappa shape index (κ1) is 20.7. The van der Waals surface area contributed by atoms with Crippen LogP contribution in [-0.2, 0) is 17.4 Å². The quantitative estimate of drug-likeness (QED) is 0.759. The van der Waals surface area contributed by atoms with Crippen LogP contribution in [0.5, 0.6) is 0 Å². The van der Waals surface area contributed by atoms with E-state index in [1.165, 1.54) is 12.1 Å². The molecule has 1 amide bonds. The predicted octanol–water partition coefficient (Wildman–Crippen LogP) is 2.08. The Hall–Kier alpha value is -1.31. The smallest absolute Gasteiger partial charge is 0.356 e. The van der Waals surface area contributed by atoms with E-state index in [2.05, 4.69) is 15.5 Å². The summed E-state index contributed by atoms with van der Waals surface area (Å²) < 4.78 is 37.4. The van der Waals surface area contributed by atoms with Gasteiger partial charge in [-0.1, -0.05) is 12.1 Å². The van der Waals surface area contributed by atoms with Crippen molar-refractivity contribution in [2.24, 2.45) is 0 Å². The van der Waals surface area contributed by atoms with Crippen molar-refractivity contribution in [2.75, 3.05) is 39.3 Å². The summed E-state index contributed by atoms with van der Waals surface area (Å²) in [6.45, 7) is 5.59. The maximum atomic E-state index is 12.5. The Morgan fingerprint density at radius 3 is 2.38 bits per heavy atom. The number of amides is 1. The highest BCUT2D eigenvalue weighted by Gasteiger charge is 2.29. The lowest BCUT2D eigenvalue weighted by Gasteiger charge is -2.27. The van der Waals surface area contributed by atoms with Gasteiger partial charge in [-0.2, -0.15) is 13.2 Å². The summed E-state index contributed by atoms with van der Waals surface area (Å²) >= 11 is 0. The van der Waals surface area contributed by atoms with Crippen LogP contribution in [0.15, 0.2) is 24.3 Å². The largest absolute Gasteiger partial charge is 0.416 e. The highest BCUT2D eigenvalue weighted by Crippen LogP contribution is 2.29. The zero-order valence-corrected chi connectivity index (χ0v) is 14.2. The van der Waals surface area contributed by atoms with Crippen LogP contribution in [0.25, 0.3) is 0 Å². The zero-order valence-electron chi connectivity index (χ0n) is 13.4. The third-order valence-electron chi connectivity index (χ3n) is 3.83. The summed E-state index contributed by atoms with van der Waals surface area (Å²) in [7, 11) is 0. The first-order valence-corrected chi connectivity index (χ1v) is 7.81. The standard InChI is InChI=1S/C16H22F3N3O.ClH/c17-16(18,19)14-4-2-13(3-5-14)12-15(23)21-6-1-9-22-10-7-20-8-11-22;/h2-5,20H,1,6-12H2,(H,21,23);1H. The number of alkyl halides is 3. The van der Waals surface area contributed by atoms with Gasteiger partial charge in [0.15, 0.2) is 0 Å². The van der Waals surface area contributed by atoms with Gasteiger partial charge in [-0.25, -0.2) is 0 Å². The number of halogens is 4. The van der Waals surface area contributed by atoms with Crippen molar-refractivity contribution in [3.8, 4) is 0 Å². The normalized spacial score (nSPS) is 15.6. The molecule has 1 saturated heterocycles. The topological polar surface area (TPSA) is 44.4 Å². The van der Waals surface area contributed by atoms with Gasteiger partial charge in [0.2, 0.25) is 5.91 Å². The van der Waals surface area contributed by atoms with Gasteiger partial charge in [-0.3, -0.25) is 4.79 Å². The highest BCUT2D eigenvalue weighted by molar-refractivity contribution is 5.85. The van der Waals surface area contributed by atoms with Crippen molar-refractivity contribution < 1.29 is 18.0 Å². The van der Waals surface area contributed by atoms with Gasteiger partial charge in [0.25, 0.3) is 0 Å². The van der Waals surface area contributed by atoms with E-state index in [1.807, 2.05) is 0 Å². The van der Waals surface area contributed by atoms with Gasteiger partial charge in [0, 0.05) is 32.7 Å². The molecule has 1 aromatic rings. The molecule has 1 heterocycles. The molecule has 0 aromatic heterocycles. The molecule has 0 radical (unpaired) electrons. The summed E-state index contributed by atoms with van der Waals surface area (Å²) in [5.41, 5.74) is -0.115. The van der Waals surface area contributed by atoms with Crippen molar-refractivity contribution in [1.29, 1.82) is 0 Å². The number of carbonyl (C=O) groups is 1. The Bertz CT molecular complexity index is 502. The molecule has 1 aliphatic heterocycles. The minimum atomic E-state index is -4.34. The molecular formula is C16H23ClF3N3O. The number of hydrogen-bond acceptors (Lipinski definition) is 3. The molecule has 0 bridgehead atoms. The molecule has 0 aliphatic carbocycles. The summed E-state index contributed by atoms with van der Waals surface area (Å²) in [6.07, 6.45) is -3.37. The van der Waals surface area contributed by atoms with Crippen LogP contribution in [0.2, 0.25) is 0 Å². The molecule has 2 N–H and O–H groups in total. The number of rotatable bonds is 6. The third kappa shape index (κ3) is 7.07. The average molecular weight is 366 g/mol. The fourth-order valence-electron chi connectivity index (χ4n) is 2.52. The van der Waals surface area contributed by atoms with Gasteiger partial charge in [0.1, 0.15) is 0 Å². The lowest BCUT2D eigenvalue weighted by Crippen LogP contribution is -2.44. The Morgan fingerprint density at radius 1 is 1.17 bits per heavy atom. The molecule has 1 aliphatic rings. The summed E-state index contributed by atoms with van der Waals surface area (Å²) in [4.78, 5) is 14.1. The van der Waals surface area contributed by atoms with Gasteiger partial charge in [0.05, 0.1) is 12.0 Å². The number of nitrogens with zero attached hydrogens (tertiary/aromatic N) is 1. The van der Waals surface area contributed by atoms with Crippen molar-refractivity contribution in [3.05, 3.63) is 35.4 Å². The zero-order chi connectivity index (χ0) is 16.7. The van der Waals surface area contributed by atoms with E-state index in [0.717, 1.165) is 51.3 Å². The Kier molecular flexibility index (Phi) is 8.52. The molecule has 0 saturated carbocycles. The van der Waals surface area contributed by atoms with Gasteiger partial charge < -0.3 is 15.5 Å². The van der Waals surface area contributed by atoms with Gasteiger partial charge in [-0.05, 0) is 30.7 Å². The molecule has 8 heteroatoms. The van der Waals surface area contributed by atoms with Gasteiger partial charge in [-0.15, -0.1) is 12.4 Å². The fourth-order valence-corrected chi connectivity index (χ4v) is 2.52. The van der Waals surface area contributed by atoms with Crippen LogP contribution in [0.3, 0.4) is 0 Å². The number of piperazine rings is 1. The highest BCUT2D eigenvalue weighted by atomic mass is 35.5. The molecule has 2 rings (SSSR count). The molecule has 1 aromatic carbocycles. The number of nitrogens with one attached hydrogen (secondary N) is 2. The maximum absolute atomic E-state index is 12.5. The Labute approximate surface area is 146 Å². The van der Waals surface area contributed by atoms with E-state index in [4.69, 9.17) is 0 Å². The maximum Gasteiger partial charge on any atom is 0.416 e. The average Bonchev–Trinajstić information content (AvgIpc) is 2.52. The lowest BCUT2D eigenvalue weighted by molar-refractivity contribution is -0.137. The van der Waals surface area contributed by atoms with E-state index in [9.17, 15) is 18.0 Å². The summed E-state index contributed by atoms with van der Waals surface area (Å²) in [5, 5.41) is 6.09. The van der Waals surface area contributed by atoms with E-state index >= 15 is 0 Å². The Morgan fingerprint density at radius 2 is 1.79 bits per heavy atom. The van der Waals surface area contributed by atoms with Crippen LogP contribution in [-0.4, -0.2) is 50.1 Å². The van der Waals surface area contributed by atoms with Crippen molar-refractivity contribution in [1.82, 2.24) is 15.5 Å². The first-order chi connectivity index (χ1) is 10.9. The van der Waals surface area contributed by atoms with Crippen LogP contribution in [0, 0.1) is 0 Å². The molecule has 1 fully saturated rings. The molecule has 4 nitrogen and oxygen atoms in total. The number of hydrogen-bond donors (Lipinski definition) is 2. The molecular weight excluding hydrogens is 343 g/mol. The van der Waals surface area contributed by atoms with Crippen molar-refractivity contribution >= 4 is 18.3 Å². The monoisotopic (exact) mass is 365 g/mol. The van der Waals surface area contributed by atoms with E-state index in [1.54, 1.807) is 0 Å². The number of benzene rings is 1. The van der Waals surface area contributed by atoms with Crippen LogP contribution in [0.1, 0.15) is 17.5 Å². The molecule has 0 unspecified atom stereocenters. The minimum Gasteiger partial charge on any atom is -0.356 e. The molecule has 136 valence electrons. The molecule has 24 heavy (non-hydrogen) atoms. The number of carbonyl (C=O) groups excluding carboxylic acids is 1. The fraction of sp³-hybridized carbons (Fsp3) is 0.562. The predicted molar refractivity (Wildman–Crippen MR) is 89.3 cm³/mol.